The molecule has 2 aromatic rings. The number of amides is 1. The Labute approximate surface area is 175 Å². The fourth-order valence-electron chi connectivity index (χ4n) is 2.82. The molecule has 0 N–H and O–H groups in total. The first-order chi connectivity index (χ1) is 13.4. The van der Waals surface area contributed by atoms with E-state index in [4.69, 9.17) is 33.3 Å². The van der Waals surface area contributed by atoms with Crippen molar-refractivity contribution < 1.29 is 14.3 Å². The molecule has 1 fully saturated rings. The summed E-state index contributed by atoms with van der Waals surface area (Å²) in [5.41, 5.74) is 2.23. The van der Waals surface area contributed by atoms with Gasteiger partial charge in [0.15, 0.2) is 16.6 Å². The van der Waals surface area contributed by atoms with Gasteiger partial charge in [0.1, 0.15) is 12.3 Å². The molecular formula is C21H21ClN2O3S. The fraction of sp³-hybridized carbons (Fsp3) is 0.238. The minimum Gasteiger partial charge on any atom is -0.490 e. The summed E-state index contributed by atoms with van der Waals surface area (Å²) in [4.78, 5) is 15.5. The summed E-state index contributed by atoms with van der Waals surface area (Å²) >= 11 is 11.4. The number of benzene rings is 2. The third-order valence-corrected chi connectivity index (χ3v) is 5.29. The highest BCUT2D eigenvalue weighted by Gasteiger charge is 2.32. The first-order valence-electron chi connectivity index (χ1n) is 8.83. The molecular weight excluding hydrogens is 396 g/mol. The van der Waals surface area contributed by atoms with Gasteiger partial charge in [-0.1, -0.05) is 35.9 Å². The maximum Gasteiger partial charge on any atom is 0.276 e. The van der Waals surface area contributed by atoms with Gasteiger partial charge >= 0.3 is 0 Å². The van der Waals surface area contributed by atoms with Crippen molar-refractivity contribution in [2.24, 2.45) is 0 Å². The molecule has 1 aliphatic heterocycles. The van der Waals surface area contributed by atoms with E-state index in [1.165, 1.54) is 4.90 Å². The number of halogens is 1. The SMILES string of the molecule is CCOc1cc(/C=C2/C(=O)N(C)C(=S)N2C)ccc1OCc1ccccc1Cl. The van der Waals surface area contributed by atoms with Crippen LogP contribution in [0.3, 0.4) is 0 Å². The molecule has 0 spiro atoms. The van der Waals surface area contributed by atoms with Gasteiger partial charge in [-0.2, -0.15) is 0 Å². The number of thiocarbonyl (C=S) groups is 1. The lowest BCUT2D eigenvalue weighted by Gasteiger charge is -2.14. The summed E-state index contributed by atoms with van der Waals surface area (Å²) < 4.78 is 11.7. The van der Waals surface area contributed by atoms with Crippen molar-refractivity contribution in [3.63, 3.8) is 0 Å². The summed E-state index contributed by atoms with van der Waals surface area (Å²) in [5.74, 6) is 1.08. The molecule has 1 aliphatic rings. The third-order valence-electron chi connectivity index (χ3n) is 4.37. The zero-order chi connectivity index (χ0) is 20.3. The molecule has 1 saturated heterocycles. The molecule has 5 nitrogen and oxygen atoms in total. The van der Waals surface area contributed by atoms with Crippen molar-refractivity contribution in [3.8, 4) is 11.5 Å². The van der Waals surface area contributed by atoms with Crippen LogP contribution in [0.25, 0.3) is 6.08 Å². The molecule has 0 bridgehead atoms. The fourth-order valence-corrected chi connectivity index (χ4v) is 3.19. The lowest BCUT2D eigenvalue weighted by atomic mass is 10.1. The summed E-state index contributed by atoms with van der Waals surface area (Å²) in [7, 11) is 3.44. The highest BCUT2D eigenvalue weighted by Crippen LogP contribution is 2.31. The van der Waals surface area contributed by atoms with Crippen molar-refractivity contribution in [3.05, 3.63) is 64.3 Å². The lowest BCUT2D eigenvalue weighted by Crippen LogP contribution is -2.26. The van der Waals surface area contributed by atoms with Gasteiger partial charge in [-0.25, -0.2) is 0 Å². The van der Waals surface area contributed by atoms with Gasteiger partial charge in [0.2, 0.25) is 0 Å². The van der Waals surface area contributed by atoms with Gasteiger partial charge in [-0.3, -0.25) is 9.69 Å². The van der Waals surface area contributed by atoms with E-state index in [0.29, 0.717) is 40.5 Å². The van der Waals surface area contributed by atoms with Gasteiger partial charge in [0, 0.05) is 24.7 Å². The average molecular weight is 417 g/mol. The van der Waals surface area contributed by atoms with E-state index in [-0.39, 0.29) is 5.91 Å². The van der Waals surface area contributed by atoms with Crippen molar-refractivity contribution in [1.82, 2.24) is 9.80 Å². The van der Waals surface area contributed by atoms with Gasteiger partial charge < -0.3 is 14.4 Å². The number of likely N-dealkylation sites (N-methyl/N-ethyl adjacent to an activating group) is 2. The average Bonchev–Trinajstić information content (AvgIpc) is 2.86. The topological polar surface area (TPSA) is 42.0 Å². The Balaban J connectivity index is 1.85. The second kappa shape index (κ2) is 8.63. The van der Waals surface area contributed by atoms with E-state index in [9.17, 15) is 4.79 Å². The molecule has 146 valence electrons. The standard InChI is InChI=1S/C21H21ClN2O3S/c1-4-26-19-12-14(11-17-20(25)24(3)21(28)23(17)2)9-10-18(19)27-13-15-7-5-6-8-16(15)22/h5-12H,4,13H2,1-3H3/b17-11-. The molecule has 2 aromatic carbocycles. The summed E-state index contributed by atoms with van der Waals surface area (Å²) in [5, 5.41) is 1.13. The molecule has 0 radical (unpaired) electrons. The molecule has 7 heteroatoms. The Morgan fingerprint density at radius 2 is 1.82 bits per heavy atom. The molecule has 0 atom stereocenters. The second-order valence-corrected chi connectivity index (χ2v) is 7.03. The zero-order valence-corrected chi connectivity index (χ0v) is 17.5. The number of hydrogen-bond donors (Lipinski definition) is 0. The smallest absolute Gasteiger partial charge is 0.276 e. The first kappa shape index (κ1) is 20.2. The van der Waals surface area contributed by atoms with Crippen LogP contribution in [0, 0.1) is 0 Å². The van der Waals surface area contributed by atoms with Crippen LogP contribution in [0.2, 0.25) is 5.02 Å². The van der Waals surface area contributed by atoms with Crippen molar-refractivity contribution in [2.45, 2.75) is 13.5 Å². The van der Waals surface area contributed by atoms with Gasteiger partial charge in [-0.15, -0.1) is 0 Å². The number of carbonyl (C=O) groups is 1. The van der Waals surface area contributed by atoms with Gasteiger partial charge in [-0.05, 0) is 49.0 Å². The van der Waals surface area contributed by atoms with E-state index in [2.05, 4.69) is 0 Å². The second-order valence-electron chi connectivity index (χ2n) is 6.25. The summed E-state index contributed by atoms with van der Waals surface area (Å²) in [6.07, 6.45) is 1.79. The van der Waals surface area contributed by atoms with E-state index in [1.807, 2.05) is 49.4 Å². The van der Waals surface area contributed by atoms with Crippen LogP contribution in [0.4, 0.5) is 0 Å². The van der Waals surface area contributed by atoms with Gasteiger partial charge in [0.25, 0.3) is 5.91 Å². The zero-order valence-electron chi connectivity index (χ0n) is 15.9. The minimum absolute atomic E-state index is 0.135. The van der Waals surface area contributed by atoms with Crippen LogP contribution in [0.1, 0.15) is 18.1 Å². The first-order valence-corrected chi connectivity index (χ1v) is 9.61. The van der Waals surface area contributed by atoms with E-state index in [0.717, 1.165) is 11.1 Å². The Hall–Kier alpha value is -2.57. The summed E-state index contributed by atoms with van der Waals surface area (Å²) in [6, 6.07) is 13.1. The van der Waals surface area contributed by atoms with Crippen LogP contribution in [-0.4, -0.2) is 41.5 Å². The molecule has 0 unspecified atom stereocenters. The van der Waals surface area contributed by atoms with Crippen molar-refractivity contribution >= 4 is 40.9 Å². The molecule has 1 amide bonds. The monoisotopic (exact) mass is 416 g/mol. The predicted molar refractivity (Wildman–Crippen MR) is 115 cm³/mol. The Kier molecular flexibility index (Phi) is 6.21. The predicted octanol–water partition coefficient (Wildman–Crippen LogP) is 4.35. The summed E-state index contributed by atoms with van der Waals surface area (Å²) in [6.45, 7) is 2.74. The number of hydrogen-bond acceptors (Lipinski definition) is 4. The highest BCUT2D eigenvalue weighted by molar-refractivity contribution is 7.80. The molecule has 0 aromatic heterocycles. The van der Waals surface area contributed by atoms with E-state index in [1.54, 1.807) is 25.1 Å². The number of carbonyl (C=O) groups excluding carboxylic acids is 1. The van der Waals surface area contributed by atoms with Crippen LogP contribution < -0.4 is 9.47 Å². The maximum atomic E-state index is 12.4. The van der Waals surface area contributed by atoms with Crippen LogP contribution in [0.5, 0.6) is 11.5 Å². The van der Waals surface area contributed by atoms with Gasteiger partial charge in [0.05, 0.1) is 6.61 Å². The highest BCUT2D eigenvalue weighted by atomic mass is 35.5. The van der Waals surface area contributed by atoms with Crippen LogP contribution >= 0.6 is 23.8 Å². The number of ether oxygens (including phenoxy) is 2. The lowest BCUT2D eigenvalue weighted by molar-refractivity contribution is -0.121. The Morgan fingerprint density at radius 1 is 1.07 bits per heavy atom. The minimum atomic E-state index is -0.135. The number of rotatable bonds is 6. The van der Waals surface area contributed by atoms with Crippen molar-refractivity contribution in [2.75, 3.05) is 20.7 Å². The molecule has 0 aliphatic carbocycles. The van der Waals surface area contributed by atoms with Crippen molar-refractivity contribution in [1.29, 1.82) is 0 Å². The van der Waals surface area contributed by atoms with E-state index < -0.39 is 0 Å². The quantitative estimate of drug-likeness (QED) is 0.517. The Bertz CT molecular complexity index is 945. The number of nitrogens with zero attached hydrogens (tertiary/aromatic N) is 2. The molecule has 28 heavy (non-hydrogen) atoms. The molecule has 3 rings (SSSR count). The third kappa shape index (κ3) is 4.13. The molecule has 0 saturated carbocycles. The van der Waals surface area contributed by atoms with Crippen LogP contribution in [0.15, 0.2) is 48.2 Å². The maximum absolute atomic E-state index is 12.4. The van der Waals surface area contributed by atoms with E-state index >= 15 is 0 Å². The normalized spacial score (nSPS) is 15.5. The van der Waals surface area contributed by atoms with Crippen LogP contribution in [-0.2, 0) is 11.4 Å². The molecule has 1 heterocycles. The largest absolute Gasteiger partial charge is 0.490 e. The Morgan fingerprint density at radius 3 is 2.46 bits per heavy atom.